The Morgan fingerprint density at radius 3 is 2.82 bits per heavy atom. The molecule has 1 fully saturated rings. The molecular formula is C10H15N. The average molecular weight is 149 g/mol. The lowest BCUT2D eigenvalue weighted by Crippen LogP contribution is -2.19. The molecule has 0 amide bonds. The maximum atomic E-state index is 4.63. The highest BCUT2D eigenvalue weighted by Crippen LogP contribution is 2.30. The molecule has 2 aliphatic rings. The molecule has 1 aliphatic heterocycles. The van der Waals surface area contributed by atoms with Crippen LogP contribution in [0.2, 0.25) is 0 Å². The number of aliphatic imine (C=N–C) groups is 1. The molecule has 11 heavy (non-hydrogen) atoms. The van der Waals surface area contributed by atoms with E-state index in [9.17, 15) is 0 Å². The van der Waals surface area contributed by atoms with E-state index in [0.717, 1.165) is 12.3 Å². The molecule has 0 aromatic rings. The van der Waals surface area contributed by atoms with Crippen LogP contribution in [0.1, 0.15) is 32.6 Å². The first kappa shape index (κ1) is 7.08. The third kappa shape index (κ3) is 1.24. The van der Waals surface area contributed by atoms with E-state index in [1.807, 2.05) is 0 Å². The van der Waals surface area contributed by atoms with Crippen LogP contribution in [0.25, 0.3) is 0 Å². The molecule has 0 bridgehead atoms. The van der Waals surface area contributed by atoms with E-state index >= 15 is 0 Å². The Labute approximate surface area is 68.2 Å². The Morgan fingerprint density at radius 1 is 1.55 bits per heavy atom. The number of nitrogens with zero attached hydrogens (tertiary/aromatic N) is 1. The summed E-state index contributed by atoms with van der Waals surface area (Å²) in [7, 11) is 0. The van der Waals surface area contributed by atoms with Crippen molar-refractivity contribution in [3.63, 3.8) is 0 Å². The summed E-state index contributed by atoms with van der Waals surface area (Å²) >= 11 is 0. The first-order valence-electron chi connectivity index (χ1n) is 4.66. The Morgan fingerprint density at radius 2 is 2.36 bits per heavy atom. The summed E-state index contributed by atoms with van der Waals surface area (Å²) in [6.45, 7) is 2.20. The number of allylic oxidation sites excluding steroid dienone is 1. The van der Waals surface area contributed by atoms with E-state index in [1.54, 1.807) is 0 Å². The fraction of sp³-hybridized carbons (Fsp3) is 0.700. The summed E-state index contributed by atoms with van der Waals surface area (Å²) in [6, 6.07) is 0.505. The molecule has 0 radical (unpaired) electrons. The van der Waals surface area contributed by atoms with Gasteiger partial charge in [-0.2, -0.15) is 0 Å². The van der Waals surface area contributed by atoms with Crippen molar-refractivity contribution < 1.29 is 0 Å². The zero-order valence-corrected chi connectivity index (χ0v) is 7.09. The van der Waals surface area contributed by atoms with Crippen molar-refractivity contribution in [1.82, 2.24) is 0 Å². The van der Waals surface area contributed by atoms with E-state index in [-0.39, 0.29) is 0 Å². The number of hydrogen-bond donors (Lipinski definition) is 0. The molecule has 1 unspecified atom stereocenters. The van der Waals surface area contributed by atoms with Gasteiger partial charge < -0.3 is 0 Å². The van der Waals surface area contributed by atoms with E-state index < -0.39 is 0 Å². The van der Waals surface area contributed by atoms with Gasteiger partial charge in [-0.1, -0.05) is 19.4 Å². The van der Waals surface area contributed by atoms with Crippen LogP contribution >= 0.6 is 0 Å². The first-order chi connectivity index (χ1) is 5.40. The second kappa shape index (κ2) is 2.80. The van der Waals surface area contributed by atoms with E-state index in [4.69, 9.17) is 0 Å². The minimum absolute atomic E-state index is 0.505. The van der Waals surface area contributed by atoms with Gasteiger partial charge in [0, 0.05) is 11.6 Å². The molecule has 60 valence electrons. The predicted octanol–water partition coefficient (Wildman–Crippen LogP) is 2.58. The third-order valence-corrected chi connectivity index (χ3v) is 2.75. The number of hydrogen-bond acceptors (Lipinski definition) is 1. The first-order valence-corrected chi connectivity index (χ1v) is 4.66. The molecule has 0 saturated heterocycles. The fourth-order valence-electron chi connectivity index (χ4n) is 1.66. The van der Waals surface area contributed by atoms with Gasteiger partial charge in [-0.3, -0.25) is 4.99 Å². The minimum atomic E-state index is 0.505. The summed E-state index contributed by atoms with van der Waals surface area (Å²) in [5, 5.41) is 0. The van der Waals surface area contributed by atoms with Crippen molar-refractivity contribution in [2.45, 2.75) is 38.6 Å². The topological polar surface area (TPSA) is 12.4 Å². The van der Waals surface area contributed by atoms with Gasteiger partial charge in [-0.15, -0.1) is 0 Å². The Balaban J connectivity index is 2.00. The molecule has 0 aromatic carbocycles. The standard InChI is InChI=1S/C10H15N/c1-2-9-6-7-10(11-9)8-4-3-5-8/h6-9H,2-5H2,1H3. The van der Waals surface area contributed by atoms with Gasteiger partial charge >= 0.3 is 0 Å². The van der Waals surface area contributed by atoms with Crippen molar-refractivity contribution in [2.75, 3.05) is 0 Å². The maximum absolute atomic E-state index is 4.63. The molecule has 1 aliphatic carbocycles. The zero-order valence-electron chi connectivity index (χ0n) is 7.09. The second-order valence-corrected chi connectivity index (χ2v) is 3.52. The Kier molecular flexibility index (Phi) is 1.80. The van der Waals surface area contributed by atoms with Gasteiger partial charge in [-0.25, -0.2) is 0 Å². The smallest absolute Gasteiger partial charge is 0.0684 e. The summed E-state index contributed by atoms with van der Waals surface area (Å²) in [6.07, 6.45) is 9.80. The Bertz CT molecular complexity index is 199. The van der Waals surface area contributed by atoms with Crippen LogP contribution < -0.4 is 0 Å². The van der Waals surface area contributed by atoms with Crippen LogP contribution in [-0.2, 0) is 0 Å². The van der Waals surface area contributed by atoms with Gasteiger partial charge in [0.05, 0.1) is 6.04 Å². The van der Waals surface area contributed by atoms with E-state index in [2.05, 4.69) is 24.1 Å². The Hall–Kier alpha value is -0.590. The van der Waals surface area contributed by atoms with Crippen molar-refractivity contribution >= 4 is 5.71 Å². The van der Waals surface area contributed by atoms with Crippen LogP contribution in [-0.4, -0.2) is 11.8 Å². The van der Waals surface area contributed by atoms with Crippen LogP contribution in [0.3, 0.4) is 0 Å². The van der Waals surface area contributed by atoms with Crippen molar-refractivity contribution in [1.29, 1.82) is 0 Å². The molecule has 0 spiro atoms. The molecule has 2 rings (SSSR count). The summed E-state index contributed by atoms with van der Waals surface area (Å²) in [5.74, 6) is 0.822. The van der Waals surface area contributed by atoms with E-state index in [0.29, 0.717) is 6.04 Å². The fourth-order valence-corrected chi connectivity index (χ4v) is 1.66. The molecule has 1 atom stereocenters. The maximum Gasteiger partial charge on any atom is 0.0684 e. The zero-order chi connectivity index (χ0) is 7.68. The van der Waals surface area contributed by atoms with Crippen LogP contribution in [0.5, 0.6) is 0 Å². The molecule has 1 saturated carbocycles. The lowest BCUT2D eigenvalue weighted by atomic mass is 9.82. The summed E-state index contributed by atoms with van der Waals surface area (Å²) < 4.78 is 0. The molecular weight excluding hydrogens is 134 g/mol. The lowest BCUT2D eigenvalue weighted by molar-refractivity contribution is 0.414. The van der Waals surface area contributed by atoms with Gasteiger partial charge in [0.15, 0.2) is 0 Å². The largest absolute Gasteiger partial charge is 0.282 e. The summed E-state index contributed by atoms with van der Waals surface area (Å²) in [4.78, 5) is 4.63. The van der Waals surface area contributed by atoms with Crippen molar-refractivity contribution in [3.05, 3.63) is 12.2 Å². The molecule has 1 nitrogen and oxygen atoms in total. The highest BCUT2D eigenvalue weighted by atomic mass is 14.8. The van der Waals surface area contributed by atoms with Gasteiger partial charge in [0.2, 0.25) is 0 Å². The monoisotopic (exact) mass is 149 g/mol. The molecule has 1 heteroatoms. The minimum Gasteiger partial charge on any atom is -0.282 e. The SMILES string of the molecule is CCC1C=CC(C2CCC2)=N1. The quantitative estimate of drug-likeness (QED) is 0.572. The second-order valence-electron chi connectivity index (χ2n) is 3.52. The normalized spacial score (nSPS) is 30.3. The van der Waals surface area contributed by atoms with Gasteiger partial charge in [-0.05, 0) is 25.3 Å². The van der Waals surface area contributed by atoms with Crippen LogP contribution in [0, 0.1) is 5.92 Å². The lowest BCUT2D eigenvalue weighted by Gasteiger charge is -2.24. The van der Waals surface area contributed by atoms with Gasteiger partial charge in [0.25, 0.3) is 0 Å². The molecule has 0 N–H and O–H groups in total. The molecule has 0 aromatic heterocycles. The van der Waals surface area contributed by atoms with Crippen molar-refractivity contribution in [3.8, 4) is 0 Å². The van der Waals surface area contributed by atoms with E-state index in [1.165, 1.54) is 25.0 Å². The summed E-state index contributed by atoms with van der Waals surface area (Å²) in [5.41, 5.74) is 1.38. The molecule has 1 heterocycles. The average Bonchev–Trinajstić information content (AvgIpc) is 2.32. The van der Waals surface area contributed by atoms with Crippen LogP contribution in [0.15, 0.2) is 17.1 Å². The highest BCUT2D eigenvalue weighted by molar-refractivity contribution is 5.99. The number of rotatable bonds is 2. The highest BCUT2D eigenvalue weighted by Gasteiger charge is 2.24. The predicted molar refractivity (Wildman–Crippen MR) is 48.0 cm³/mol. The van der Waals surface area contributed by atoms with Crippen LogP contribution in [0.4, 0.5) is 0 Å². The third-order valence-electron chi connectivity index (χ3n) is 2.75. The van der Waals surface area contributed by atoms with Crippen molar-refractivity contribution in [2.24, 2.45) is 10.9 Å². The van der Waals surface area contributed by atoms with Gasteiger partial charge in [0.1, 0.15) is 0 Å².